The number of carbonyl (C=O) groups is 1. The van der Waals surface area contributed by atoms with Gasteiger partial charge in [0.2, 0.25) is 0 Å². The van der Waals surface area contributed by atoms with E-state index in [9.17, 15) is 13.2 Å². The average Bonchev–Trinajstić information content (AvgIpc) is 3.02. The lowest BCUT2D eigenvalue weighted by atomic mass is 10.2. The molecule has 5 nitrogen and oxygen atoms in total. The smallest absolute Gasteiger partial charge is 0.279 e. The third-order valence-corrected chi connectivity index (χ3v) is 8.41. The van der Waals surface area contributed by atoms with Crippen molar-refractivity contribution in [2.45, 2.75) is 37.5 Å². The topological polar surface area (TPSA) is 68.5 Å². The number of carbonyl (C=O) groups excluding carboxylic acids is 1. The minimum Gasteiger partial charge on any atom is -0.316 e. The van der Waals surface area contributed by atoms with Gasteiger partial charge in [-0.25, -0.2) is 8.42 Å². The van der Waals surface area contributed by atoms with Gasteiger partial charge in [0, 0.05) is 17.9 Å². The van der Waals surface area contributed by atoms with Crippen LogP contribution in [0.5, 0.6) is 0 Å². The summed E-state index contributed by atoms with van der Waals surface area (Å²) >= 11 is 3.24. The highest BCUT2D eigenvalue weighted by molar-refractivity contribution is 7.98. The number of thiazole rings is 1. The van der Waals surface area contributed by atoms with Crippen LogP contribution in [0.3, 0.4) is 0 Å². The fraction of sp³-hybridized carbons (Fsp3) is 0.333. The molecule has 1 amide bonds. The molecule has 0 aliphatic carbocycles. The van der Waals surface area contributed by atoms with Gasteiger partial charge in [-0.1, -0.05) is 17.4 Å². The van der Waals surface area contributed by atoms with E-state index in [1.807, 2.05) is 13.2 Å². The number of sulfone groups is 1. The number of hydrogen-bond acceptors (Lipinski definition) is 5. The number of hydrogen-bond donors (Lipinski definition) is 0. The van der Waals surface area contributed by atoms with Gasteiger partial charge in [-0.3, -0.25) is 4.79 Å². The Hall–Kier alpha value is -1.90. The molecule has 0 unspecified atom stereocenters. The third-order valence-electron chi connectivity index (χ3n) is 4.60. The molecule has 0 bridgehead atoms. The second-order valence-electron chi connectivity index (χ2n) is 7.04. The van der Waals surface area contributed by atoms with E-state index in [4.69, 9.17) is 0 Å². The van der Waals surface area contributed by atoms with Crippen LogP contribution in [0.4, 0.5) is 0 Å². The maximum absolute atomic E-state index is 12.8. The van der Waals surface area contributed by atoms with E-state index in [2.05, 4.69) is 27.8 Å². The van der Waals surface area contributed by atoms with Crippen LogP contribution in [0, 0.1) is 6.92 Å². The normalized spacial score (nSPS) is 12.8. The molecule has 154 valence electrons. The van der Waals surface area contributed by atoms with Gasteiger partial charge in [0.25, 0.3) is 5.91 Å². The largest absolute Gasteiger partial charge is 0.316 e. The van der Waals surface area contributed by atoms with Crippen LogP contribution >= 0.6 is 23.1 Å². The van der Waals surface area contributed by atoms with Gasteiger partial charge in [0.1, 0.15) is 0 Å². The molecule has 0 aliphatic heterocycles. The van der Waals surface area contributed by atoms with Crippen LogP contribution in [-0.4, -0.2) is 36.2 Å². The molecular formula is C21H24N2O3S3. The van der Waals surface area contributed by atoms with Gasteiger partial charge in [0.15, 0.2) is 14.6 Å². The number of rotatable bonds is 6. The molecule has 0 saturated heterocycles. The van der Waals surface area contributed by atoms with E-state index in [0.717, 1.165) is 28.1 Å². The molecule has 3 rings (SSSR count). The summed E-state index contributed by atoms with van der Waals surface area (Å²) in [6.07, 6.45) is 2.05. The van der Waals surface area contributed by atoms with Crippen LogP contribution in [0.25, 0.3) is 10.2 Å². The average molecular weight is 449 g/mol. The van der Waals surface area contributed by atoms with E-state index >= 15 is 0 Å². The number of fused-ring (bicyclic) bond motifs is 1. The molecule has 8 heteroatoms. The van der Waals surface area contributed by atoms with Gasteiger partial charge in [-0.2, -0.15) is 16.8 Å². The van der Waals surface area contributed by atoms with Gasteiger partial charge in [0.05, 0.1) is 20.4 Å². The minimum absolute atomic E-state index is 0.219. The molecule has 0 atom stereocenters. The van der Waals surface area contributed by atoms with Crippen molar-refractivity contribution in [1.82, 2.24) is 4.57 Å². The Bertz CT molecular complexity index is 1200. The molecule has 3 aromatic rings. The van der Waals surface area contributed by atoms with Crippen molar-refractivity contribution >= 4 is 49.1 Å². The van der Waals surface area contributed by atoms with Crippen LogP contribution in [-0.2, 0) is 16.4 Å². The number of amides is 1. The Morgan fingerprint density at radius 1 is 1.17 bits per heavy atom. The van der Waals surface area contributed by atoms with Crippen molar-refractivity contribution in [3.63, 3.8) is 0 Å². The zero-order chi connectivity index (χ0) is 21.2. The first-order chi connectivity index (χ1) is 13.7. The first kappa shape index (κ1) is 21.8. The molecular weight excluding hydrogens is 424 g/mol. The van der Waals surface area contributed by atoms with Crippen LogP contribution < -0.4 is 4.80 Å². The van der Waals surface area contributed by atoms with E-state index in [0.29, 0.717) is 10.4 Å². The molecule has 0 radical (unpaired) electrons. The Balaban J connectivity index is 2.01. The summed E-state index contributed by atoms with van der Waals surface area (Å²) < 4.78 is 27.7. The highest BCUT2D eigenvalue weighted by Gasteiger charge is 2.19. The number of thioether (sulfide) groups is 1. The summed E-state index contributed by atoms with van der Waals surface area (Å²) in [6.45, 7) is 6.09. The minimum atomic E-state index is -3.36. The summed E-state index contributed by atoms with van der Waals surface area (Å²) in [6, 6.07) is 12.3. The standard InChI is InChI=1S/C21H24N2O3S3/c1-14(2)29(25,26)17-8-6-16(7-9-17)20(24)22-21-23(11-12-27-4)18-10-5-15(3)13-19(18)28-21/h5-10,13-14H,11-12H2,1-4H3. The molecule has 2 aromatic carbocycles. The molecule has 0 spiro atoms. The number of nitrogens with zero attached hydrogens (tertiary/aromatic N) is 2. The first-order valence-electron chi connectivity index (χ1n) is 9.26. The number of aryl methyl sites for hydroxylation is 2. The maximum Gasteiger partial charge on any atom is 0.279 e. The van der Waals surface area contributed by atoms with E-state index in [1.165, 1.54) is 35.6 Å². The highest BCUT2D eigenvalue weighted by Crippen LogP contribution is 2.20. The maximum atomic E-state index is 12.8. The SMILES string of the molecule is CSCCn1c(=NC(=O)c2ccc(S(=O)(=O)C(C)C)cc2)sc2cc(C)ccc21. The molecule has 0 saturated carbocycles. The number of benzene rings is 2. The van der Waals surface area contributed by atoms with Crippen LogP contribution in [0.15, 0.2) is 52.4 Å². The Labute approximate surface area is 179 Å². The lowest BCUT2D eigenvalue weighted by Gasteiger charge is -2.07. The second-order valence-corrected chi connectivity index (χ2v) is 11.5. The second kappa shape index (κ2) is 8.85. The molecule has 0 aliphatic rings. The summed E-state index contributed by atoms with van der Waals surface area (Å²) in [5, 5.41) is -0.508. The summed E-state index contributed by atoms with van der Waals surface area (Å²) in [5.41, 5.74) is 2.60. The van der Waals surface area contributed by atoms with Crippen molar-refractivity contribution in [2.24, 2.45) is 4.99 Å². The summed E-state index contributed by atoms with van der Waals surface area (Å²) in [5.74, 6) is 0.544. The predicted molar refractivity (Wildman–Crippen MR) is 122 cm³/mol. The van der Waals surface area contributed by atoms with Crippen molar-refractivity contribution in [1.29, 1.82) is 0 Å². The number of aromatic nitrogens is 1. The summed E-state index contributed by atoms with van der Waals surface area (Å²) in [7, 11) is -3.36. The molecule has 29 heavy (non-hydrogen) atoms. The fourth-order valence-electron chi connectivity index (χ4n) is 2.88. The first-order valence-corrected chi connectivity index (χ1v) is 13.0. The van der Waals surface area contributed by atoms with Crippen molar-refractivity contribution in [2.75, 3.05) is 12.0 Å². The summed E-state index contributed by atoms with van der Waals surface area (Å²) in [4.78, 5) is 18.0. The van der Waals surface area contributed by atoms with Gasteiger partial charge in [-0.05, 0) is 69.0 Å². The van der Waals surface area contributed by atoms with E-state index < -0.39 is 15.1 Å². The molecule has 0 N–H and O–H groups in total. The van der Waals surface area contributed by atoms with Crippen molar-refractivity contribution in [3.8, 4) is 0 Å². The Kier molecular flexibility index (Phi) is 6.65. The van der Waals surface area contributed by atoms with Gasteiger partial charge in [-0.15, -0.1) is 0 Å². The van der Waals surface area contributed by atoms with Crippen molar-refractivity contribution < 1.29 is 13.2 Å². The van der Waals surface area contributed by atoms with Gasteiger partial charge >= 0.3 is 0 Å². The zero-order valence-corrected chi connectivity index (χ0v) is 19.3. The molecule has 1 aromatic heterocycles. The lowest BCUT2D eigenvalue weighted by Crippen LogP contribution is -2.18. The van der Waals surface area contributed by atoms with E-state index in [-0.39, 0.29) is 10.8 Å². The quantitative estimate of drug-likeness (QED) is 0.564. The molecule has 0 fully saturated rings. The van der Waals surface area contributed by atoms with Crippen LogP contribution in [0.1, 0.15) is 29.8 Å². The lowest BCUT2D eigenvalue weighted by molar-refractivity contribution is 0.0997. The molecule has 1 heterocycles. The third kappa shape index (κ3) is 4.65. The highest BCUT2D eigenvalue weighted by atomic mass is 32.2. The fourth-order valence-corrected chi connectivity index (χ4v) is 5.45. The Morgan fingerprint density at radius 3 is 2.48 bits per heavy atom. The van der Waals surface area contributed by atoms with Crippen LogP contribution in [0.2, 0.25) is 0 Å². The van der Waals surface area contributed by atoms with E-state index in [1.54, 1.807) is 25.6 Å². The predicted octanol–water partition coefficient (Wildman–Crippen LogP) is 4.30. The monoisotopic (exact) mass is 448 g/mol. The Morgan fingerprint density at radius 2 is 1.86 bits per heavy atom. The zero-order valence-electron chi connectivity index (χ0n) is 16.9. The van der Waals surface area contributed by atoms with Crippen molar-refractivity contribution in [3.05, 3.63) is 58.4 Å². The van der Waals surface area contributed by atoms with Gasteiger partial charge < -0.3 is 4.57 Å².